The van der Waals surface area contributed by atoms with Gasteiger partial charge in [-0.05, 0) is 25.0 Å². The highest BCUT2D eigenvalue weighted by Gasteiger charge is 2.18. The maximum Gasteiger partial charge on any atom is 0.316 e. The average Bonchev–Trinajstić information content (AvgIpc) is 3.35. The van der Waals surface area contributed by atoms with Crippen LogP contribution in [0.25, 0.3) is 11.5 Å². The van der Waals surface area contributed by atoms with Crippen molar-refractivity contribution in [3.63, 3.8) is 0 Å². The molecule has 0 saturated heterocycles. The van der Waals surface area contributed by atoms with Gasteiger partial charge in [0, 0.05) is 13.0 Å². The quantitative estimate of drug-likeness (QED) is 0.707. The third-order valence-corrected chi connectivity index (χ3v) is 4.09. The van der Waals surface area contributed by atoms with Crippen LogP contribution in [-0.2, 0) is 19.5 Å². The molecule has 0 bridgehead atoms. The van der Waals surface area contributed by atoms with E-state index in [1.165, 1.54) is 0 Å². The second kappa shape index (κ2) is 6.92. The van der Waals surface area contributed by atoms with Gasteiger partial charge in [-0.15, -0.1) is 15.3 Å². The van der Waals surface area contributed by atoms with Crippen LogP contribution >= 0.6 is 0 Å². The summed E-state index contributed by atoms with van der Waals surface area (Å²) in [7, 11) is 0. The number of para-hydroxylation sites is 1. The topological polar surface area (TPSA) is 90.9 Å². The lowest BCUT2D eigenvalue weighted by Gasteiger charge is -2.07. The van der Waals surface area contributed by atoms with E-state index in [1.54, 1.807) is 0 Å². The van der Waals surface area contributed by atoms with Gasteiger partial charge in [-0.25, -0.2) is 0 Å². The molecule has 8 heteroatoms. The molecule has 1 aliphatic rings. The van der Waals surface area contributed by atoms with Crippen LogP contribution in [0.3, 0.4) is 0 Å². The SMILES string of the molecule is CCCOc1ccccc1-c1nnc(NCc2nnc3n2CCC3)o1. The Bertz CT molecular complexity index is 856. The molecule has 0 spiro atoms. The molecule has 1 N–H and O–H groups in total. The highest BCUT2D eigenvalue weighted by Crippen LogP contribution is 2.29. The molecule has 0 atom stereocenters. The maximum atomic E-state index is 5.75. The monoisotopic (exact) mass is 340 g/mol. The number of anilines is 1. The Kier molecular flexibility index (Phi) is 4.32. The second-order valence-electron chi connectivity index (χ2n) is 5.90. The fourth-order valence-corrected chi connectivity index (χ4v) is 2.88. The first-order chi connectivity index (χ1) is 12.3. The Morgan fingerprint density at radius 1 is 1.20 bits per heavy atom. The number of fused-ring (bicyclic) bond motifs is 1. The van der Waals surface area contributed by atoms with Gasteiger partial charge in [-0.2, -0.15) is 0 Å². The van der Waals surface area contributed by atoms with Crippen LogP contribution in [0, 0.1) is 0 Å². The molecule has 0 aliphatic carbocycles. The molecule has 8 nitrogen and oxygen atoms in total. The minimum atomic E-state index is 0.357. The Morgan fingerprint density at radius 2 is 2.12 bits per heavy atom. The summed E-state index contributed by atoms with van der Waals surface area (Å²) in [5, 5.41) is 19.7. The van der Waals surface area contributed by atoms with Crippen molar-refractivity contribution in [2.24, 2.45) is 0 Å². The van der Waals surface area contributed by atoms with E-state index >= 15 is 0 Å². The van der Waals surface area contributed by atoms with Crippen LogP contribution in [0.2, 0.25) is 0 Å². The van der Waals surface area contributed by atoms with E-state index in [9.17, 15) is 0 Å². The predicted octanol–water partition coefficient (Wildman–Crippen LogP) is 2.68. The molecule has 130 valence electrons. The van der Waals surface area contributed by atoms with Gasteiger partial charge in [0.2, 0.25) is 0 Å². The molecule has 25 heavy (non-hydrogen) atoms. The first-order valence-corrected chi connectivity index (χ1v) is 8.55. The standard InChI is InChI=1S/C17H20N6O2/c1-2-10-24-13-7-4-3-6-12(13)16-21-22-17(25-16)18-11-15-20-19-14-8-5-9-23(14)15/h3-4,6-7H,2,5,8-11H2,1H3,(H,18,22). The average molecular weight is 340 g/mol. The van der Waals surface area contributed by atoms with Crippen molar-refractivity contribution in [2.45, 2.75) is 39.3 Å². The summed E-state index contributed by atoms with van der Waals surface area (Å²) in [4.78, 5) is 0. The highest BCUT2D eigenvalue weighted by atomic mass is 16.5. The lowest BCUT2D eigenvalue weighted by atomic mass is 10.2. The van der Waals surface area contributed by atoms with E-state index in [0.29, 0.717) is 25.1 Å². The van der Waals surface area contributed by atoms with E-state index in [1.807, 2.05) is 24.3 Å². The second-order valence-corrected chi connectivity index (χ2v) is 5.90. The van der Waals surface area contributed by atoms with E-state index < -0.39 is 0 Å². The molecule has 3 aromatic rings. The van der Waals surface area contributed by atoms with Crippen LogP contribution in [-0.4, -0.2) is 31.6 Å². The van der Waals surface area contributed by atoms with Gasteiger partial charge in [0.1, 0.15) is 11.6 Å². The predicted molar refractivity (Wildman–Crippen MR) is 91.2 cm³/mol. The lowest BCUT2D eigenvalue weighted by Crippen LogP contribution is -2.07. The summed E-state index contributed by atoms with van der Waals surface area (Å²) < 4.78 is 13.6. The molecular weight excluding hydrogens is 320 g/mol. The van der Waals surface area contributed by atoms with Crippen LogP contribution < -0.4 is 10.1 Å². The van der Waals surface area contributed by atoms with Crippen molar-refractivity contribution >= 4 is 6.01 Å². The largest absolute Gasteiger partial charge is 0.493 e. The van der Waals surface area contributed by atoms with E-state index in [-0.39, 0.29) is 0 Å². The van der Waals surface area contributed by atoms with Crippen molar-refractivity contribution in [1.29, 1.82) is 0 Å². The van der Waals surface area contributed by atoms with Gasteiger partial charge in [-0.1, -0.05) is 24.2 Å². The minimum Gasteiger partial charge on any atom is -0.493 e. The first-order valence-electron chi connectivity index (χ1n) is 8.55. The van der Waals surface area contributed by atoms with Crippen molar-refractivity contribution < 1.29 is 9.15 Å². The fourth-order valence-electron chi connectivity index (χ4n) is 2.88. The number of aryl methyl sites for hydroxylation is 1. The summed E-state index contributed by atoms with van der Waals surface area (Å²) in [6.45, 7) is 4.19. The maximum absolute atomic E-state index is 5.75. The smallest absolute Gasteiger partial charge is 0.316 e. The fraction of sp³-hybridized carbons (Fsp3) is 0.412. The Hall–Kier alpha value is -2.90. The number of aromatic nitrogens is 5. The summed E-state index contributed by atoms with van der Waals surface area (Å²) in [6, 6.07) is 8.02. The number of rotatable bonds is 7. The Morgan fingerprint density at radius 3 is 3.04 bits per heavy atom. The molecule has 0 amide bonds. The van der Waals surface area contributed by atoms with Gasteiger partial charge in [-0.3, -0.25) is 0 Å². The summed E-state index contributed by atoms with van der Waals surface area (Å²) in [5.74, 6) is 3.11. The van der Waals surface area contributed by atoms with Gasteiger partial charge < -0.3 is 19.0 Å². The summed E-state index contributed by atoms with van der Waals surface area (Å²) in [6.07, 6.45) is 3.05. The highest BCUT2D eigenvalue weighted by molar-refractivity contribution is 5.62. The number of nitrogens with one attached hydrogen (secondary N) is 1. The van der Waals surface area contributed by atoms with Crippen LogP contribution in [0.5, 0.6) is 5.75 Å². The van der Waals surface area contributed by atoms with Crippen molar-refractivity contribution in [3.05, 3.63) is 35.9 Å². The molecule has 1 aliphatic heterocycles. The van der Waals surface area contributed by atoms with Crippen LogP contribution in [0.15, 0.2) is 28.7 Å². The van der Waals surface area contributed by atoms with Gasteiger partial charge in [0.15, 0.2) is 5.82 Å². The van der Waals surface area contributed by atoms with E-state index in [0.717, 1.165) is 48.8 Å². The van der Waals surface area contributed by atoms with Crippen LogP contribution in [0.4, 0.5) is 6.01 Å². The normalized spacial score (nSPS) is 13.0. The van der Waals surface area contributed by atoms with E-state index in [2.05, 4.69) is 37.2 Å². The molecule has 4 rings (SSSR count). The molecule has 0 radical (unpaired) electrons. The first kappa shape index (κ1) is 15.6. The molecule has 1 aromatic carbocycles. The molecule has 2 aromatic heterocycles. The number of hydrogen-bond acceptors (Lipinski definition) is 7. The third-order valence-electron chi connectivity index (χ3n) is 4.09. The zero-order chi connectivity index (χ0) is 17.1. The molecule has 0 fully saturated rings. The van der Waals surface area contributed by atoms with Crippen molar-refractivity contribution in [2.75, 3.05) is 11.9 Å². The third kappa shape index (κ3) is 3.19. The zero-order valence-electron chi connectivity index (χ0n) is 14.1. The number of hydrogen-bond donors (Lipinski definition) is 1. The van der Waals surface area contributed by atoms with Crippen molar-refractivity contribution in [1.82, 2.24) is 25.0 Å². The summed E-state index contributed by atoms with van der Waals surface area (Å²) >= 11 is 0. The number of ether oxygens (including phenoxy) is 1. The van der Waals surface area contributed by atoms with Crippen molar-refractivity contribution in [3.8, 4) is 17.2 Å². The van der Waals surface area contributed by atoms with Gasteiger partial charge in [0.25, 0.3) is 5.89 Å². The van der Waals surface area contributed by atoms with Crippen LogP contribution in [0.1, 0.15) is 31.4 Å². The van der Waals surface area contributed by atoms with E-state index in [4.69, 9.17) is 9.15 Å². The Balaban J connectivity index is 1.47. The summed E-state index contributed by atoms with van der Waals surface area (Å²) in [5.41, 5.74) is 0.792. The molecule has 0 unspecified atom stereocenters. The molecule has 3 heterocycles. The number of nitrogens with zero attached hydrogens (tertiary/aromatic N) is 5. The number of benzene rings is 1. The molecular formula is C17H20N6O2. The van der Waals surface area contributed by atoms with Gasteiger partial charge >= 0.3 is 6.01 Å². The van der Waals surface area contributed by atoms with Gasteiger partial charge in [0.05, 0.1) is 18.7 Å². The lowest BCUT2D eigenvalue weighted by molar-refractivity contribution is 0.318. The Labute approximate surface area is 145 Å². The molecule has 0 saturated carbocycles. The minimum absolute atomic E-state index is 0.357. The zero-order valence-corrected chi connectivity index (χ0v) is 14.1.